The number of hydrogen-bond donors (Lipinski definition) is 0. The third-order valence-corrected chi connectivity index (χ3v) is 3.27. The molecule has 0 saturated carbocycles. The van der Waals surface area contributed by atoms with Crippen LogP contribution < -0.4 is 9.64 Å². The van der Waals surface area contributed by atoms with Crippen molar-refractivity contribution in [2.24, 2.45) is 0 Å². The van der Waals surface area contributed by atoms with Gasteiger partial charge in [-0.2, -0.15) is 0 Å². The van der Waals surface area contributed by atoms with E-state index in [4.69, 9.17) is 16.3 Å². The molecule has 0 heterocycles. The molecule has 0 saturated heterocycles. The van der Waals surface area contributed by atoms with E-state index in [2.05, 4.69) is 11.8 Å². The highest BCUT2D eigenvalue weighted by atomic mass is 35.5. The van der Waals surface area contributed by atoms with E-state index in [1.807, 2.05) is 27.0 Å². The Morgan fingerprint density at radius 2 is 2.00 bits per heavy atom. The molecule has 1 rings (SSSR count). The maximum absolute atomic E-state index is 6.23. The number of ether oxygens (including phenoxy) is 1. The largest absolute Gasteiger partial charge is 0.495 e. The lowest BCUT2D eigenvalue weighted by molar-refractivity contribution is 0.414. The maximum Gasteiger partial charge on any atom is 0.142 e. The number of rotatable bonds is 3. The predicted molar refractivity (Wildman–Crippen MR) is 66.4 cm³/mol. The first kappa shape index (κ1) is 12.2. The van der Waals surface area contributed by atoms with Crippen LogP contribution in [0.4, 0.5) is 5.69 Å². The highest BCUT2D eigenvalue weighted by Gasteiger charge is 2.14. The van der Waals surface area contributed by atoms with Crippen LogP contribution in [0.25, 0.3) is 0 Å². The molecule has 0 aliphatic rings. The summed E-state index contributed by atoms with van der Waals surface area (Å²) < 4.78 is 5.38. The number of nitrogens with zero attached hydrogens (tertiary/aromatic N) is 1. The second-order valence-electron chi connectivity index (χ2n) is 3.70. The van der Waals surface area contributed by atoms with Crippen molar-refractivity contribution in [3.8, 4) is 5.75 Å². The van der Waals surface area contributed by atoms with Crippen molar-refractivity contribution in [1.82, 2.24) is 0 Å². The molecule has 15 heavy (non-hydrogen) atoms. The number of benzene rings is 1. The molecule has 0 radical (unpaired) electrons. The summed E-state index contributed by atoms with van der Waals surface area (Å²) in [5.41, 5.74) is 3.22. The van der Waals surface area contributed by atoms with Gasteiger partial charge < -0.3 is 9.64 Å². The summed E-state index contributed by atoms with van der Waals surface area (Å²) >= 11 is 6.23. The fourth-order valence-electron chi connectivity index (χ4n) is 1.70. The minimum Gasteiger partial charge on any atom is -0.495 e. The van der Waals surface area contributed by atoms with Crippen LogP contribution in [0.2, 0.25) is 5.02 Å². The standard InChI is InChI=1S/C12H18ClNO/c1-6-14(4)12-9(3)11(13)8(2)7-10(12)15-5/h7H,6H2,1-5H3. The van der Waals surface area contributed by atoms with Crippen LogP contribution in [-0.4, -0.2) is 20.7 Å². The van der Waals surface area contributed by atoms with Gasteiger partial charge in [0.25, 0.3) is 0 Å². The molecule has 0 spiro atoms. The number of methoxy groups -OCH3 is 1. The summed E-state index contributed by atoms with van der Waals surface area (Å²) in [6.45, 7) is 7.05. The quantitative estimate of drug-likeness (QED) is 0.785. The zero-order chi connectivity index (χ0) is 11.6. The summed E-state index contributed by atoms with van der Waals surface area (Å²) in [6, 6.07) is 1.98. The molecule has 0 aromatic heterocycles. The van der Waals surface area contributed by atoms with Crippen molar-refractivity contribution in [1.29, 1.82) is 0 Å². The Kier molecular flexibility index (Phi) is 3.86. The van der Waals surface area contributed by atoms with E-state index in [0.717, 1.165) is 34.1 Å². The summed E-state index contributed by atoms with van der Waals surface area (Å²) in [6.07, 6.45) is 0. The molecule has 3 heteroatoms. The van der Waals surface area contributed by atoms with Crippen LogP contribution >= 0.6 is 11.6 Å². The fourth-order valence-corrected chi connectivity index (χ4v) is 1.85. The Hall–Kier alpha value is -0.890. The van der Waals surface area contributed by atoms with Crippen molar-refractivity contribution in [2.45, 2.75) is 20.8 Å². The number of aryl methyl sites for hydroxylation is 1. The molecular weight excluding hydrogens is 210 g/mol. The molecule has 0 amide bonds. The van der Waals surface area contributed by atoms with E-state index in [0.29, 0.717) is 0 Å². The molecule has 0 N–H and O–H groups in total. The highest BCUT2D eigenvalue weighted by Crippen LogP contribution is 2.37. The van der Waals surface area contributed by atoms with Gasteiger partial charge >= 0.3 is 0 Å². The average molecular weight is 228 g/mol. The van der Waals surface area contributed by atoms with Gasteiger partial charge in [-0.1, -0.05) is 11.6 Å². The van der Waals surface area contributed by atoms with Crippen LogP contribution in [0.5, 0.6) is 5.75 Å². The molecule has 0 aliphatic heterocycles. The fraction of sp³-hybridized carbons (Fsp3) is 0.500. The van der Waals surface area contributed by atoms with Crippen LogP contribution in [-0.2, 0) is 0 Å². The lowest BCUT2D eigenvalue weighted by Crippen LogP contribution is -2.18. The van der Waals surface area contributed by atoms with Crippen LogP contribution in [0.15, 0.2) is 6.07 Å². The maximum atomic E-state index is 6.23. The smallest absolute Gasteiger partial charge is 0.142 e. The van der Waals surface area contributed by atoms with Gasteiger partial charge in [-0.15, -0.1) is 0 Å². The first-order chi connectivity index (χ1) is 7.02. The van der Waals surface area contributed by atoms with Gasteiger partial charge in [0.2, 0.25) is 0 Å². The van der Waals surface area contributed by atoms with Crippen molar-refractivity contribution in [2.75, 3.05) is 25.6 Å². The second kappa shape index (κ2) is 4.75. The zero-order valence-electron chi connectivity index (χ0n) is 10.0. The molecule has 0 bridgehead atoms. The lowest BCUT2D eigenvalue weighted by atomic mass is 10.1. The van der Waals surface area contributed by atoms with Gasteiger partial charge in [-0.05, 0) is 38.0 Å². The van der Waals surface area contributed by atoms with Crippen LogP contribution in [0.1, 0.15) is 18.1 Å². The Morgan fingerprint density at radius 1 is 1.40 bits per heavy atom. The first-order valence-corrected chi connectivity index (χ1v) is 5.45. The Bertz CT molecular complexity index is 363. The molecule has 1 aromatic carbocycles. The molecule has 84 valence electrons. The van der Waals surface area contributed by atoms with Gasteiger partial charge in [0.15, 0.2) is 0 Å². The summed E-state index contributed by atoms with van der Waals surface area (Å²) in [4.78, 5) is 2.14. The molecule has 0 unspecified atom stereocenters. The van der Waals surface area contributed by atoms with E-state index in [9.17, 15) is 0 Å². The molecule has 1 aromatic rings. The van der Waals surface area contributed by atoms with Crippen molar-refractivity contribution < 1.29 is 4.74 Å². The van der Waals surface area contributed by atoms with Gasteiger partial charge in [0.05, 0.1) is 12.8 Å². The predicted octanol–water partition coefficient (Wildman–Crippen LogP) is 3.42. The van der Waals surface area contributed by atoms with Gasteiger partial charge in [-0.3, -0.25) is 0 Å². The minimum absolute atomic E-state index is 0.825. The molecule has 0 atom stereocenters. The van der Waals surface area contributed by atoms with Crippen molar-refractivity contribution in [3.63, 3.8) is 0 Å². The van der Waals surface area contributed by atoms with Gasteiger partial charge in [0, 0.05) is 18.6 Å². The molecule has 0 fully saturated rings. The normalized spacial score (nSPS) is 10.3. The Labute approximate surface area is 96.8 Å². The summed E-state index contributed by atoms with van der Waals surface area (Å²) in [5.74, 6) is 0.888. The van der Waals surface area contributed by atoms with Crippen molar-refractivity contribution >= 4 is 17.3 Å². The topological polar surface area (TPSA) is 12.5 Å². The van der Waals surface area contributed by atoms with E-state index < -0.39 is 0 Å². The van der Waals surface area contributed by atoms with E-state index >= 15 is 0 Å². The number of hydrogen-bond acceptors (Lipinski definition) is 2. The van der Waals surface area contributed by atoms with Gasteiger partial charge in [0.1, 0.15) is 5.75 Å². The minimum atomic E-state index is 0.825. The third-order valence-electron chi connectivity index (χ3n) is 2.69. The van der Waals surface area contributed by atoms with Crippen molar-refractivity contribution in [3.05, 3.63) is 22.2 Å². The Balaban J connectivity index is 3.40. The third kappa shape index (κ3) is 2.20. The summed E-state index contributed by atoms with van der Waals surface area (Å²) in [5, 5.41) is 0.825. The zero-order valence-corrected chi connectivity index (χ0v) is 10.8. The second-order valence-corrected chi connectivity index (χ2v) is 4.08. The average Bonchev–Trinajstić information content (AvgIpc) is 2.24. The van der Waals surface area contributed by atoms with Gasteiger partial charge in [-0.25, -0.2) is 0 Å². The molecule has 2 nitrogen and oxygen atoms in total. The Morgan fingerprint density at radius 3 is 2.47 bits per heavy atom. The van der Waals surface area contributed by atoms with Crippen LogP contribution in [0.3, 0.4) is 0 Å². The van der Waals surface area contributed by atoms with E-state index in [1.165, 1.54) is 0 Å². The molecular formula is C12H18ClNO. The SMILES string of the molecule is CCN(C)c1c(OC)cc(C)c(Cl)c1C. The number of anilines is 1. The van der Waals surface area contributed by atoms with E-state index in [-0.39, 0.29) is 0 Å². The molecule has 0 aliphatic carbocycles. The van der Waals surface area contributed by atoms with E-state index in [1.54, 1.807) is 7.11 Å². The summed E-state index contributed by atoms with van der Waals surface area (Å²) in [7, 11) is 3.73. The highest BCUT2D eigenvalue weighted by molar-refractivity contribution is 6.32. The first-order valence-electron chi connectivity index (χ1n) is 5.07. The monoisotopic (exact) mass is 227 g/mol. The number of halogens is 1. The van der Waals surface area contributed by atoms with Crippen LogP contribution in [0, 0.1) is 13.8 Å². The lowest BCUT2D eigenvalue weighted by Gasteiger charge is -2.23.